The number of nitriles is 1. The van der Waals surface area contributed by atoms with Gasteiger partial charge in [0.25, 0.3) is 0 Å². The fourth-order valence-electron chi connectivity index (χ4n) is 3.84. The molecule has 1 saturated heterocycles. The second kappa shape index (κ2) is 7.97. The Morgan fingerprint density at radius 3 is 2.14 bits per heavy atom. The zero-order chi connectivity index (χ0) is 20.4. The Kier molecular flexibility index (Phi) is 5.22. The van der Waals surface area contributed by atoms with Gasteiger partial charge in [-0.25, -0.2) is 4.98 Å². The molecule has 4 rings (SSSR count). The molecule has 0 radical (unpaired) electrons. The summed E-state index contributed by atoms with van der Waals surface area (Å²) in [4.78, 5) is 9.29. The molecular formula is C25H26N4. The molecule has 146 valence electrons. The number of hydrogen-bond donors (Lipinski definition) is 0. The van der Waals surface area contributed by atoms with Crippen molar-refractivity contribution < 1.29 is 0 Å². The fourth-order valence-corrected chi connectivity index (χ4v) is 3.84. The molecule has 0 atom stereocenters. The second-order valence-corrected chi connectivity index (χ2v) is 7.87. The smallest absolute Gasteiger partial charge is 0.147 e. The zero-order valence-corrected chi connectivity index (χ0v) is 17.3. The van der Waals surface area contributed by atoms with Gasteiger partial charge < -0.3 is 9.80 Å². The number of aromatic nitrogens is 1. The van der Waals surface area contributed by atoms with Crippen molar-refractivity contribution >= 4 is 11.5 Å². The van der Waals surface area contributed by atoms with Crippen LogP contribution in [0.25, 0.3) is 22.4 Å². The molecule has 1 aliphatic rings. The van der Waals surface area contributed by atoms with E-state index in [-0.39, 0.29) is 0 Å². The Balaban J connectivity index is 1.90. The Labute approximate surface area is 173 Å². The van der Waals surface area contributed by atoms with Gasteiger partial charge in [-0.3, -0.25) is 0 Å². The van der Waals surface area contributed by atoms with Gasteiger partial charge in [0, 0.05) is 44.0 Å². The summed E-state index contributed by atoms with van der Waals surface area (Å²) in [5, 5.41) is 10.0. The van der Waals surface area contributed by atoms with E-state index in [1.54, 1.807) is 0 Å². The molecule has 0 spiro atoms. The molecular weight excluding hydrogens is 356 g/mol. The van der Waals surface area contributed by atoms with Crippen LogP contribution in [0.4, 0.5) is 11.5 Å². The highest BCUT2D eigenvalue weighted by Crippen LogP contribution is 2.35. The first-order valence-corrected chi connectivity index (χ1v) is 10.1. The highest BCUT2D eigenvalue weighted by molar-refractivity contribution is 5.82. The van der Waals surface area contributed by atoms with E-state index in [1.807, 2.05) is 14.1 Å². The Bertz CT molecular complexity index is 1040. The largest absolute Gasteiger partial charge is 0.378 e. The zero-order valence-electron chi connectivity index (χ0n) is 17.3. The molecule has 4 nitrogen and oxygen atoms in total. The number of nitrogens with zero attached hydrogens (tertiary/aromatic N) is 4. The van der Waals surface area contributed by atoms with Gasteiger partial charge in [0.15, 0.2) is 0 Å². The quantitative estimate of drug-likeness (QED) is 0.617. The van der Waals surface area contributed by atoms with Crippen LogP contribution in [0.5, 0.6) is 0 Å². The molecule has 0 saturated carbocycles. The first kappa shape index (κ1) is 19.0. The van der Waals surface area contributed by atoms with Crippen LogP contribution >= 0.6 is 0 Å². The maximum Gasteiger partial charge on any atom is 0.147 e. The monoisotopic (exact) mass is 382 g/mol. The number of pyridine rings is 1. The van der Waals surface area contributed by atoms with E-state index in [2.05, 4.69) is 77.4 Å². The van der Waals surface area contributed by atoms with Crippen molar-refractivity contribution in [2.75, 3.05) is 37.0 Å². The summed E-state index contributed by atoms with van der Waals surface area (Å²) in [6.07, 6.45) is 2.29. The lowest BCUT2D eigenvalue weighted by atomic mass is 9.97. The van der Waals surface area contributed by atoms with E-state index >= 15 is 0 Å². The summed E-state index contributed by atoms with van der Waals surface area (Å²) in [5.74, 6) is 0.815. The molecule has 0 amide bonds. The Hall–Kier alpha value is -3.32. The molecule has 1 fully saturated rings. The first-order chi connectivity index (χ1) is 14.1. The van der Waals surface area contributed by atoms with Gasteiger partial charge in [-0.2, -0.15) is 5.26 Å². The van der Waals surface area contributed by atoms with Gasteiger partial charge in [-0.1, -0.05) is 42.0 Å². The van der Waals surface area contributed by atoms with Crippen LogP contribution in [0.2, 0.25) is 0 Å². The van der Waals surface area contributed by atoms with Gasteiger partial charge in [0.1, 0.15) is 17.5 Å². The van der Waals surface area contributed by atoms with E-state index in [4.69, 9.17) is 4.98 Å². The van der Waals surface area contributed by atoms with Crippen LogP contribution in [0.3, 0.4) is 0 Å². The van der Waals surface area contributed by atoms with Crippen molar-refractivity contribution in [1.82, 2.24) is 4.98 Å². The van der Waals surface area contributed by atoms with E-state index in [9.17, 15) is 5.26 Å². The lowest BCUT2D eigenvalue weighted by molar-refractivity contribution is 0.936. The van der Waals surface area contributed by atoms with E-state index in [0.29, 0.717) is 5.56 Å². The predicted molar refractivity (Wildman–Crippen MR) is 120 cm³/mol. The second-order valence-electron chi connectivity index (χ2n) is 7.87. The van der Waals surface area contributed by atoms with Crippen LogP contribution < -0.4 is 9.80 Å². The van der Waals surface area contributed by atoms with Crippen LogP contribution in [0, 0.1) is 18.3 Å². The molecule has 2 heterocycles. The van der Waals surface area contributed by atoms with Crippen LogP contribution in [0.15, 0.2) is 54.6 Å². The van der Waals surface area contributed by atoms with E-state index < -0.39 is 0 Å². The van der Waals surface area contributed by atoms with Crippen molar-refractivity contribution in [2.45, 2.75) is 19.8 Å². The summed E-state index contributed by atoms with van der Waals surface area (Å²) in [7, 11) is 4.06. The SMILES string of the molecule is Cc1ccc(-c2cc(-c3ccc(N(C)C)cc3)c(C#N)c(N3CCCC3)n2)cc1. The average molecular weight is 383 g/mol. The highest BCUT2D eigenvalue weighted by atomic mass is 15.2. The van der Waals surface area contributed by atoms with Crippen molar-refractivity contribution in [2.24, 2.45) is 0 Å². The molecule has 0 bridgehead atoms. The van der Waals surface area contributed by atoms with E-state index in [0.717, 1.165) is 59.8 Å². The summed E-state index contributed by atoms with van der Waals surface area (Å²) in [6, 6.07) is 21.3. The topological polar surface area (TPSA) is 43.2 Å². The van der Waals surface area contributed by atoms with Gasteiger partial charge in [-0.15, -0.1) is 0 Å². The van der Waals surface area contributed by atoms with Crippen LogP contribution in [-0.2, 0) is 0 Å². The van der Waals surface area contributed by atoms with Crippen molar-refractivity contribution in [3.8, 4) is 28.5 Å². The van der Waals surface area contributed by atoms with Gasteiger partial charge in [0.05, 0.1) is 5.69 Å². The van der Waals surface area contributed by atoms with Crippen LogP contribution in [0.1, 0.15) is 24.0 Å². The summed E-state index contributed by atoms with van der Waals surface area (Å²) in [6.45, 7) is 4.00. The third kappa shape index (κ3) is 3.82. The maximum atomic E-state index is 10.0. The third-order valence-corrected chi connectivity index (χ3v) is 5.56. The summed E-state index contributed by atoms with van der Waals surface area (Å²) < 4.78 is 0. The number of aryl methyl sites for hydroxylation is 1. The van der Waals surface area contributed by atoms with Crippen LogP contribution in [-0.4, -0.2) is 32.2 Å². The lowest BCUT2D eigenvalue weighted by Gasteiger charge is -2.21. The molecule has 0 N–H and O–H groups in total. The number of rotatable bonds is 4. The summed E-state index contributed by atoms with van der Waals surface area (Å²) >= 11 is 0. The first-order valence-electron chi connectivity index (χ1n) is 10.1. The van der Waals surface area contributed by atoms with Crippen molar-refractivity contribution in [3.05, 3.63) is 65.7 Å². The Morgan fingerprint density at radius 1 is 0.931 bits per heavy atom. The van der Waals surface area contributed by atoms with E-state index in [1.165, 1.54) is 5.56 Å². The lowest BCUT2D eigenvalue weighted by Crippen LogP contribution is -2.21. The molecule has 3 aromatic rings. The van der Waals surface area contributed by atoms with Gasteiger partial charge >= 0.3 is 0 Å². The minimum atomic E-state index is 0.667. The summed E-state index contributed by atoms with van der Waals surface area (Å²) in [5.41, 5.74) is 7.01. The number of hydrogen-bond acceptors (Lipinski definition) is 4. The molecule has 4 heteroatoms. The molecule has 0 aliphatic carbocycles. The number of benzene rings is 2. The van der Waals surface area contributed by atoms with Crippen molar-refractivity contribution in [1.29, 1.82) is 5.26 Å². The normalized spacial score (nSPS) is 13.4. The molecule has 1 aromatic heterocycles. The third-order valence-electron chi connectivity index (χ3n) is 5.56. The number of anilines is 2. The molecule has 2 aromatic carbocycles. The predicted octanol–water partition coefficient (Wildman–Crippen LogP) is 5.26. The fraction of sp³-hybridized carbons (Fsp3) is 0.280. The Morgan fingerprint density at radius 2 is 1.55 bits per heavy atom. The van der Waals surface area contributed by atoms with Crippen molar-refractivity contribution in [3.63, 3.8) is 0 Å². The highest BCUT2D eigenvalue weighted by Gasteiger charge is 2.22. The minimum absolute atomic E-state index is 0.667. The average Bonchev–Trinajstić information content (AvgIpc) is 3.28. The molecule has 0 unspecified atom stereocenters. The maximum absolute atomic E-state index is 10.0. The standard InChI is InChI=1S/C25H26N4/c1-18-6-8-20(9-7-18)24-16-22(19-10-12-21(13-11-19)28(2)3)23(17-26)25(27-24)29-14-4-5-15-29/h6-13,16H,4-5,14-15H2,1-3H3. The van der Waals surface area contributed by atoms with Gasteiger partial charge in [-0.05, 0) is 43.5 Å². The minimum Gasteiger partial charge on any atom is -0.378 e. The molecule has 1 aliphatic heterocycles. The molecule has 29 heavy (non-hydrogen) atoms. The van der Waals surface area contributed by atoms with Gasteiger partial charge in [0.2, 0.25) is 0 Å².